The highest BCUT2D eigenvalue weighted by atomic mass is 32.2. The predicted molar refractivity (Wildman–Crippen MR) is 79.1 cm³/mol. The second kappa shape index (κ2) is 7.63. The third-order valence-corrected chi connectivity index (χ3v) is 4.67. The fourth-order valence-electron chi connectivity index (χ4n) is 2.75. The van der Waals surface area contributed by atoms with E-state index in [9.17, 15) is 4.79 Å². The second-order valence-electron chi connectivity index (χ2n) is 5.04. The van der Waals surface area contributed by atoms with E-state index >= 15 is 0 Å². The van der Waals surface area contributed by atoms with Crippen LogP contribution in [-0.4, -0.2) is 29.1 Å². The number of carbonyl (C=O) groups is 1. The minimum Gasteiger partial charge on any atom is -0.468 e. The Bertz CT molecular complexity index is 372. The van der Waals surface area contributed by atoms with E-state index in [1.165, 1.54) is 32.1 Å². The van der Waals surface area contributed by atoms with Crippen molar-refractivity contribution >= 4 is 17.7 Å². The van der Waals surface area contributed by atoms with Crippen molar-refractivity contribution in [1.29, 1.82) is 0 Å². The number of rotatable bonds is 6. The molecule has 4 heteroatoms. The van der Waals surface area contributed by atoms with Gasteiger partial charge in [-0.1, -0.05) is 19.3 Å². The summed E-state index contributed by atoms with van der Waals surface area (Å²) < 4.78 is 5.27. The van der Waals surface area contributed by atoms with Crippen molar-refractivity contribution in [3.8, 4) is 0 Å². The molecule has 0 aliphatic heterocycles. The van der Waals surface area contributed by atoms with Crippen LogP contribution in [0.4, 0.5) is 0 Å². The fourth-order valence-corrected chi connectivity index (χ4v) is 3.56. The molecule has 0 aromatic carbocycles. The van der Waals surface area contributed by atoms with Crippen molar-refractivity contribution < 1.29 is 9.21 Å². The van der Waals surface area contributed by atoms with Crippen LogP contribution < -0.4 is 0 Å². The first kappa shape index (κ1) is 14.5. The molecule has 19 heavy (non-hydrogen) atoms. The molecule has 3 nitrogen and oxygen atoms in total. The van der Waals surface area contributed by atoms with Crippen molar-refractivity contribution in [2.75, 3.05) is 12.3 Å². The minimum atomic E-state index is 0.283. The summed E-state index contributed by atoms with van der Waals surface area (Å²) in [6.45, 7) is 2.93. The summed E-state index contributed by atoms with van der Waals surface area (Å²) in [5.41, 5.74) is 0. The molecule has 2 rings (SSSR count). The van der Waals surface area contributed by atoms with Crippen molar-refractivity contribution in [1.82, 2.24) is 4.90 Å². The van der Waals surface area contributed by atoms with E-state index in [2.05, 4.69) is 11.8 Å². The molecule has 1 saturated carbocycles. The lowest BCUT2D eigenvalue weighted by Gasteiger charge is -2.33. The van der Waals surface area contributed by atoms with Crippen LogP contribution in [0.5, 0.6) is 0 Å². The topological polar surface area (TPSA) is 33.5 Å². The van der Waals surface area contributed by atoms with Crippen LogP contribution in [0.2, 0.25) is 0 Å². The monoisotopic (exact) mass is 281 g/mol. The molecule has 1 aliphatic rings. The quantitative estimate of drug-likeness (QED) is 0.797. The molecule has 0 spiro atoms. The Hall–Kier alpha value is -0.900. The molecule has 0 N–H and O–H groups in total. The van der Waals surface area contributed by atoms with Gasteiger partial charge in [0, 0.05) is 12.6 Å². The van der Waals surface area contributed by atoms with E-state index in [0.29, 0.717) is 11.8 Å². The highest BCUT2D eigenvalue weighted by Crippen LogP contribution is 2.23. The van der Waals surface area contributed by atoms with Gasteiger partial charge in [0.1, 0.15) is 5.76 Å². The average Bonchev–Trinajstić information content (AvgIpc) is 2.94. The number of hydrogen-bond donors (Lipinski definition) is 0. The van der Waals surface area contributed by atoms with Gasteiger partial charge in [-0.3, -0.25) is 4.79 Å². The van der Waals surface area contributed by atoms with Crippen molar-refractivity contribution in [3.05, 3.63) is 24.2 Å². The summed E-state index contributed by atoms with van der Waals surface area (Å²) in [6.07, 6.45) is 7.92. The average molecular weight is 281 g/mol. The maximum Gasteiger partial charge on any atom is 0.232 e. The minimum absolute atomic E-state index is 0.283. The summed E-state index contributed by atoms with van der Waals surface area (Å²) in [4.78, 5) is 14.4. The summed E-state index contributed by atoms with van der Waals surface area (Å²) in [5.74, 6) is 2.57. The summed E-state index contributed by atoms with van der Waals surface area (Å²) in [7, 11) is 0. The molecule has 1 fully saturated rings. The molecule has 0 bridgehead atoms. The van der Waals surface area contributed by atoms with Crippen LogP contribution >= 0.6 is 11.8 Å². The molecule has 0 saturated heterocycles. The van der Waals surface area contributed by atoms with Crippen LogP contribution in [0.3, 0.4) is 0 Å². The lowest BCUT2D eigenvalue weighted by molar-refractivity contribution is -0.131. The summed E-state index contributed by atoms with van der Waals surface area (Å²) >= 11 is 1.64. The summed E-state index contributed by atoms with van der Waals surface area (Å²) in [5, 5.41) is 0. The number of thioether (sulfide) groups is 1. The summed E-state index contributed by atoms with van der Waals surface area (Å²) in [6, 6.07) is 4.32. The van der Waals surface area contributed by atoms with Crippen molar-refractivity contribution in [2.24, 2.45) is 0 Å². The smallest absolute Gasteiger partial charge is 0.232 e. The third-order valence-electron chi connectivity index (χ3n) is 3.73. The van der Waals surface area contributed by atoms with Gasteiger partial charge in [0.25, 0.3) is 0 Å². The Morgan fingerprint density at radius 3 is 2.84 bits per heavy atom. The Balaban J connectivity index is 1.76. The second-order valence-corrected chi connectivity index (χ2v) is 6.03. The highest BCUT2D eigenvalue weighted by Gasteiger charge is 2.23. The molecule has 0 atom stereocenters. The number of furan rings is 1. The molecule has 106 valence electrons. The zero-order valence-electron chi connectivity index (χ0n) is 11.6. The van der Waals surface area contributed by atoms with Gasteiger partial charge in [-0.05, 0) is 31.9 Å². The fraction of sp³-hybridized carbons (Fsp3) is 0.667. The first-order valence-electron chi connectivity index (χ1n) is 7.21. The molecule has 1 heterocycles. The standard InChI is InChI=1S/C15H23NO2S/c1-2-16(13-7-4-3-5-8-13)15(17)12-19-11-14-9-6-10-18-14/h6,9-10,13H,2-5,7-8,11-12H2,1H3. The van der Waals surface area contributed by atoms with Gasteiger partial charge in [0.15, 0.2) is 0 Å². The number of carbonyl (C=O) groups excluding carboxylic acids is 1. The van der Waals surface area contributed by atoms with Crippen LogP contribution in [-0.2, 0) is 10.5 Å². The predicted octanol–water partition coefficient (Wildman–Crippen LogP) is 3.69. The van der Waals surface area contributed by atoms with Crippen molar-refractivity contribution in [2.45, 2.75) is 50.8 Å². The third kappa shape index (κ3) is 4.30. The van der Waals surface area contributed by atoms with Crippen LogP contribution in [0.1, 0.15) is 44.8 Å². The first-order chi connectivity index (χ1) is 9.31. The van der Waals surface area contributed by atoms with Crippen molar-refractivity contribution in [3.63, 3.8) is 0 Å². The van der Waals surface area contributed by atoms with E-state index in [-0.39, 0.29) is 5.91 Å². The Kier molecular flexibility index (Phi) is 5.83. The van der Waals surface area contributed by atoms with Gasteiger partial charge < -0.3 is 9.32 Å². The van der Waals surface area contributed by atoms with E-state index in [1.807, 2.05) is 12.1 Å². The molecule has 1 aromatic heterocycles. The first-order valence-corrected chi connectivity index (χ1v) is 8.36. The van der Waals surface area contributed by atoms with E-state index < -0.39 is 0 Å². The number of hydrogen-bond acceptors (Lipinski definition) is 3. The van der Waals surface area contributed by atoms with E-state index in [4.69, 9.17) is 4.42 Å². The van der Waals surface area contributed by atoms with E-state index in [0.717, 1.165) is 18.1 Å². The maximum atomic E-state index is 12.3. The molecule has 0 radical (unpaired) electrons. The van der Waals surface area contributed by atoms with Gasteiger partial charge in [0.2, 0.25) is 5.91 Å². The van der Waals surface area contributed by atoms with Crippen LogP contribution in [0.25, 0.3) is 0 Å². The molecule has 1 amide bonds. The SMILES string of the molecule is CCN(C(=O)CSCc1ccco1)C1CCCCC1. The van der Waals surface area contributed by atoms with Gasteiger partial charge in [-0.15, -0.1) is 11.8 Å². The molecular weight excluding hydrogens is 258 g/mol. The van der Waals surface area contributed by atoms with Gasteiger partial charge in [0.05, 0.1) is 17.8 Å². The largest absolute Gasteiger partial charge is 0.468 e. The van der Waals surface area contributed by atoms with Gasteiger partial charge in [-0.2, -0.15) is 0 Å². The maximum absolute atomic E-state index is 12.3. The number of amides is 1. The normalized spacial score (nSPS) is 16.5. The molecule has 1 aromatic rings. The van der Waals surface area contributed by atoms with Crippen LogP contribution in [0.15, 0.2) is 22.8 Å². The Labute approximate surface area is 119 Å². The highest BCUT2D eigenvalue weighted by molar-refractivity contribution is 7.99. The number of nitrogens with zero attached hydrogens (tertiary/aromatic N) is 1. The lowest BCUT2D eigenvalue weighted by Crippen LogP contribution is -2.42. The Morgan fingerprint density at radius 1 is 1.42 bits per heavy atom. The zero-order valence-corrected chi connectivity index (χ0v) is 12.5. The molecule has 0 unspecified atom stereocenters. The zero-order chi connectivity index (χ0) is 13.5. The van der Waals surface area contributed by atoms with Gasteiger partial charge >= 0.3 is 0 Å². The Morgan fingerprint density at radius 2 is 2.21 bits per heavy atom. The van der Waals surface area contributed by atoms with Gasteiger partial charge in [-0.25, -0.2) is 0 Å². The molecule has 1 aliphatic carbocycles. The molecular formula is C15H23NO2S. The van der Waals surface area contributed by atoms with E-state index in [1.54, 1.807) is 18.0 Å². The van der Waals surface area contributed by atoms with Crippen LogP contribution in [0, 0.1) is 0 Å². The lowest BCUT2D eigenvalue weighted by atomic mass is 9.94.